The highest BCUT2D eigenvalue weighted by Gasteiger charge is 2.14. The maximum Gasteiger partial charge on any atom is 0.279 e. The van der Waals surface area contributed by atoms with E-state index in [0.29, 0.717) is 11.6 Å². The van der Waals surface area contributed by atoms with Crippen LogP contribution in [0.4, 0.5) is 5.69 Å². The van der Waals surface area contributed by atoms with Gasteiger partial charge in [-0.2, -0.15) is 0 Å². The number of carbonyl (C=O) groups excluding carboxylic acids is 1. The summed E-state index contributed by atoms with van der Waals surface area (Å²) in [6, 6.07) is 14.8. The van der Waals surface area contributed by atoms with Crippen LogP contribution < -0.4 is 10.6 Å². The SMILES string of the molecule is C[C@@H]([NH2+]CC(=O)Nc1ccc(Cl)cc1)c1ccccc1Cl. The van der Waals surface area contributed by atoms with Gasteiger partial charge >= 0.3 is 0 Å². The third kappa shape index (κ3) is 4.74. The maximum absolute atomic E-state index is 11.9. The lowest BCUT2D eigenvalue weighted by Crippen LogP contribution is -2.86. The number of hydrogen-bond acceptors (Lipinski definition) is 1. The van der Waals surface area contributed by atoms with E-state index >= 15 is 0 Å². The number of amides is 1. The Hall–Kier alpha value is -1.55. The molecule has 0 aliphatic rings. The van der Waals surface area contributed by atoms with E-state index in [-0.39, 0.29) is 11.9 Å². The summed E-state index contributed by atoms with van der Waals surface area (Å²) >= 11 is 11.9. The molecule has 110 valence electrons. The largest absolute Gasteiger partial charge is 0.332 e. The van der Waals surface area contributed by atoms with Crippen molar-refractivity contribution >= 4 is 34.8 Å². The average molecular weight is 324 g/mol. The van der Waals surface area contributed by atoms with Crippen molar-refractivity contribution in [3.63, 3.8) is 0 Å². The highest BCUT2D eigenvalue weighted by Crippen LogP contribution is 2.19. The topological polar surface area (TPSA) is 45.7 Å². The number of rotatable bonds is 5. The van der Waals surface area contributed by atoms with Crippen LogP contribution in [0.3, 0.4) is 0 Å². The van der Waals surface area contributed by atoms with Gasteiger partial charge in [-0.05, 0) is 37.3 Å². The number of quaternary nitrogens is 1. The Labute approximate surface area is 134 Å². The van der Waals surface area contributed by atoms with E-state index in [1.54, 1.807) is 24.3 Å². The Kier molecular flexibility index (Phi) is 5.62. The first-order chi connectivity index (χ1) is 10.1. The Morgan fingerprint density at radius 3 is 2.48 bits per heavy atom. The van der Waals surface area contributed by atoms with Gasteiger partial charge < -0.3 is 10.6 Å². The second kappa shape index (κ2) is 7.46. The molecule has 0 aromatic heterocycles. The van der Waals surface area contributed by atoms with E-state index in [4.69, 9.17) is 23.2 Å². The molecule has 1 atom stereocenters. The first-order valence-corrected chi connectivity index (χ1v) is 7.45. The van der Waals surface area contributed by atoms with E-state index in [0.717, 1.165) is 16.3 Å². The zero-order valence-corrected chi connectivity index (χ0v) is 13.2. The molecule has 0 bridgehead atoms. The van der Waals surface area contributed by atoms with Crippen LogP contribution >= 0.6 is 23.2 Å². The van der Waals surface area contributed by atoms with Crippen LogP contribution in [-0.4, -0.2) is 12.5 Å². The summed E-state index contributed by atoms with van der Waals surface area (Å²) < 4.78 is 0. The summed E-state index contributed by atoms with van der Waals surface area (Å²) in [6.45, 7) is 2.35. The second-order valence-corrected chi connectivity index (χ2v) is 5.65. The molecule has 0 saturated heterocycles. The number of hydrogen-bond donors (Lipinski definition) is 2. The van der Waals surface area contributed by atoms with Gasteiger partial charge in [0.1, 0.15) is 6.04 Å². The van der Waals surface area contributed by atoms with E-state index in [1.807, 2.05) is 36.5 Å². The number of halogens is 2. The van der Waals surface area contributed by atoms with E-state index < -0.39 is 0 Å². The van der Waals surface area contributed by atoms with Gasteiger partial charge in [0.25, 0.3) is 5.91 Å². The second-order valence-electron chi connectivity index (χ2n) is 4.81. The normalized spacial score (nSPS) is 12.0. The van der Waals surface area contributed by atoms with Crippen molar-refractivity contribution in [1.29, 1.82) is 0 Å². The van der Waals surface area contributed by atoms with Crippen molar-refractivity contribution in [3.8, 4) is 0 Å². The monoisotopic (exact) mass is 323 g/mol. The summed E-state index contributed by atoms with van der Waals surface area (Å²) in [4.78, 5) is 11.9. The van der Waals surface area contributed by atoms with Crippen LogP contribution in [0.2, 0.25) is 10.0 Å². The summed E-state index contributed by atoms with van der Waals surface area (Å²) in [7, 11) is 0. The molecular formula is C16H17Cl2N2O+. The van der Waals surface area contributed by atoms with Crippen molar-refractivity contribution in [2.45, 2.75) is 13.0 Å². The van der Waals surface area contributed by atoms with Crippen molar-refractivity contribution in [3.05, 3.63) is 64.1 Å². The minimum Gasteiger partial charge on any atom is -0.332 e. The van der Waals surface area contributed by atoms with Crippen molar-refractivity contribution < 1.29 is 10.1 Å². The number of anilines is 1. The van der Waals surface area contributed by atoms with Crippen LogP contribution in [0.15, 0.2) is 48.5 Å². The summed E-state index contributed by atoms with van der Waals surface area (Å²) in [5, 5.41) is 6.15. The highest BCUT2D eigenvalue weighted by atomic mass is 35.5. The quantitative estimate of drug-likeness (QED) is 0.871. The molecule has 0 fully saturated rings. The predicted molar refractivity (Wildman–Crippen MR) is 86.7 cm³/mol. The Balaban J connectivity index is 1.86. The van der Waals surface area contributed by atoms with Gasteiger partial charge in [-0.15, -0.1) is 0 Å². The van der Waals surface area contributed by atoms with Crippen LogP contribution in [-0.2, 0) is 4.79 Å². The van der Waals surface area contributed by atoms with Crippen LogP contribution in [0, 0.1) is 0 Å². The van der Waals surface area contributed by atoms with Crippen molar-refractivity contribution in [1.82, 2.24) is 0 Å². The predicted octanol–water partition coefficient (Wildman–Crippen LogP) is 3.26. The molecule has 2 aromatic carbocycles. The lowest BCUT2D eigenvalue weighted by molar-refractivity contribution is -0.682. The van der Waals surface area contributed by atoms with E-state index in [9.17, 15) is 4.79 Å². The first kappa shape index (κ1) is 15.8. The molecule has 1 amide bonds. The van der Waals surface area contributed by atoms with Gasteiger partial charge in [0.15, 0.2) is 6.54 Å². The van der Waals surface area contributed by atoms with Gasteiger partial charge in [-0.25, -0.2) is 0 Å². The summed E-state index contributed by atoms with van der Waals surface area (Å²) in [5.41, 5.74) is 1.77. The fourth-order valence-electron chi connectivity index (χ4n) is 2.00. The fourth-order valence-corrected chi connectivity index (χ4v) is 2.43. The molecule has 0 spiro atoms. The molecule has 2 rings (SSSR count). The summed E-state index contributed by atoms with van der Waals surface area (Å²) in [6.07, 6.45) is 0. The van der Waals surface area contributed by atoms with Gasteiger partial charge in [0.2, 0.25) is 0 Å². The molecule has 0 aliphatic heterocycles. The molecule has 0 unspecified atom stereocenters. The highest BCUT2D eigenvalue weighted by molar-refractivity contribution is 6.31. The number of nitrogens with two attached hydrogens (primary N) is 1. The number of benzene rings is 2. The Bertz CT molecular complexity index is 614. The summed E-state index contributed by atoms with van der Waals surface area (Å²) in [5.74, 6) is -0.0590. The third-order valence-corrected chi connectivity index (χ3v) is 3.78. The zero-order valence-electron chi connectivity index (χ0n) is 11.6. The molecule has 0 radical (unpaired) electrons. The van der Waals surface area contributed by atoms with Gasteiger partial charge in [-0.1, -0.05) is 41.4 Å². The van der Waals surface area contributed by atoms with Crippen molar-refractivity contribution in [2.75, 3.05) is 11.9 Å². The number of carbonyl (C=O) groups is 1. The Morgan fingerprint density at radius 2 is 1.81 bits per heavy atom. The maximum atomic E-state index is 11.9. The molecule has 5 heteroatoms. The van der Waals surface area contributed by atoms with Crippen molar-refractivity contribution in [2.24, 2.45) is 0 Å². The molecule has 21 heavy (non-hydrogen) atoms. The standard InChI is InChI=1S/C16H16Cl2N2O/c1-11(14-4-2-3-5-15(14)18)19-10-16(21)20-13-8-6-12(17)7-9-13/h2-9,11,19H,10H2,1H3,(H,20,21)/p+1/t11-/m1/s1. The van der Waals surface area contributed by atoms with Gasteiger partial charge in [-0.3, -0.25) is 4.79 Å². The Morgan fingerprint density at radius 1 is 1.14 bits per heavy atom. The van der Waals surface area contributed by atoms with E-state index in [1.165, 1.54) is 0 Å². The molecule has 3 nitrogen and oxygen atoms in total. The van der Waals surface area contributed by atoms with E-state index in [2.05, 4.69) is 5.32 Å². The molecular weight excluding hydrogens is 307 g/mol. The third-order valence-electron chi connectivity index (χ3n) is 3.18. The zero-order chi connectivity index (χ0) is 15.2. The van der Waals surface area contributed by atoms with Gasteiger partial charge in [0, 0.05) is 21.3 Å². The molecule has 2 aromatic rings. The average Bonchev–Trinajstić information content (AvgIpc) is 2.48. The minimum atomic E-state index is -0.0590. The van der Waals surface area contributed by atoms with Gasteiger partial charge in [0.05, 0.1) is 0 Å². The molecule has 3 N–H and O–H groups in total. The lowest BCUT2D eigenvalue weighted by Gasteiger charge is -2.12. The fraction of sp³-hybridized carbons (Fsp3) is 0.188. The minimum absolute atomic E-state index is 0.0590. The van der Waals surface area contributed by atoms with Crippen LogP contribution in [0.5, 0.6) is 0 Å². The lowest BCUT2D eigenvalue weighted by atomic mass is 10.1. The van der Waals surface area contributed by atoms with Crippen LogP contribution in [0.1, 0.15) is 18.5 Å². The smallest absolute Gasteiger partial charge is 0.279 e. The first-order valence-electron chi connectivity index (χ1n) is 6.69. The number of nitrogens with one attached hydrogen (secondary N) is 1. The molecule has 0 heterocycles. The van der Waals surface area contributed by atoms with Crippen LogP contribution in [0.25, 0.3) is 0 Å². The molecule has 0 aliphatic carbocycles. The molecule has 0 saturated carbocycles.